The van der Waals surface area contributed by atoms with Gasteiger partial charge in [0.1, 0.15) is 5.75 Å². The van der Waals surface area contributed by atoms with E-state index in [1.54, 1.807) is 17.0 Å². The summed E-state index contributed by atoms with van der Waals surface area (Å²) in [5.74, 6) is 0.314. The Morgan fingerprint density at radius 3 is 2.39 bits per heavy atom. The molecule has 0 radical (unpaired) electrons. The predicted octanol–water partition coefficient (Wildman–Crippen LogP) is 3.68. The molecule has 1 aromatic carbocycles. The molecule has 8 heteroatoms. The Morgan fingerprint density at radius 1 is 1.21 bits per heavy atom. The lowest BCUT2D eigenvalue weighted by molar-refractivity contribution is -0.234. The van der Waals surface area contributed by atoms with E-state index in [9.17, 15) is 22.8 Å². The summed E-state index contributed by atoms with van der Waals surface area (Å²) >= 11 is 0. The van der Waals surface area contributed by atoms with Crippen LogP contribution in [0.1, 0.15) is 44.6 Å². The highest BCUT2D eigenvalue weighted by Gasteiger charge is 2.49. The van der Waals surface area contributed by atoms with Gasteiger partial charge < -0.3 is 14.4 Å². The molecule has 5 nitrogen and oxygen atoms in total. The quantitative estimate of drug-likeness (QED) is 0.685. The average Bonchev–Trinajstić information content (AvgIpc) is 2.97. The van der Waals surface area contributed by atoms with Crippen LogP contribution in [0.4, 0.5) is 13.2 Å². The Bertz CT molecular complexity index is 724. The zero-order valence-electron chi connectivity index (χ0n) is 15.9. The summed E-state index contributed by atoms with van der Waals surface area (Å²) in [5, 5.41) is 0. The maximum atomic E-state index is 12.9. The second kappa shape index (κ2) is 7.64. The summed E-state index contributed by atoms with van der Waals surface area (Å²) in [6, 6.07) is 6.56. The van der Waals surface area contributed by atoms with Gasteiger partial charge in [-0.2, -0.15) is 13.2 Å². The van der Waals surface area contributed by atoms with Crippen LogP contribution in [0.15, 0.2) is 24.3 Å². The summed E-state index contributed by atoms with van der Waals surface area (Å²) in [6.07, 6.45) is -3.03. The number of hydrogen-bond acceptors (Lipinski definition) is 4. The molecule has 154 valence electrons. The minimum absolute atomic E-state index is 0.0579. The molecular weight excluding hydrogens is 375 g/mol. The molecule has 0 saturated carbocycles. The third-order valence-electron chi connectivity index (χ3n) is 5.34. The number of ether oxygens (including phenoxy) is 2. The molecule has 28 heavy (non-hydrogen) atoms. The third kappa shape index (κ3) is 4.59. The van der Waals surface area contributed by atoms with Gasteiger partial charge in [-0.15, -0.1) is 0 Å². The Labute approximate surface area is 161 Å². The number of esters is 1. The van der Waals surface area contributed by atoms with Crippen molar-refractivity contribution in [1.29, 1.82) is 0 Å². The molecule has 0 spiro atoms. The smallest absolute Gasteiger partial charge is 0.427 e. The Kier molecular flexibility index (Phi) is 5.59. The summed E-state index contributed by atoms with van der Waals surface area (Å²) in [7, 11) is 0. The van der Waals surface area contributed by atoms with Crippen LogP contribution in [0.2, 0.25) is 0 Å². The van der Waals surface area contributed by atoms with Gasteiger partial charge in [0, 0.05) is 31.3 Å². The first-order valence-electron chi connectivity index (χ1n) is 9.34. The number of amides is 1. The molecule has 2 saturated heterocycles. The molecule has 1 atom stereocenters. The van der Waals surface area contributed by atoms with E-state index in [-0.39, 0.29) is 29.5 Å². The average molecular weight is 399 g/mol. The lowest BCUT2D eigenvalue weighted by Crippen LogP contribution is -2.48. The summed E-state index contributed by atoms with van der Waals surface area (Å²) in [5.41, 5.74) is -1.29. The third-order valence-corrected chi connectivity index (χ3v) is 5.34. The van der Waals surface area contributed by atoms with Crippen molar-refractivity contribution < 1.29 is 32.2 Å². The van der Waals surface area contributed by atoms with Crippen molar-refractivity contribution in [1.82, 2.24) is 4.90 Å². The van der Waals surface area contributed by atoms with Gasteiger partial charge in [-0.3, -0.25) is 9.59 Å². The number of hydrogen-bond donors (Lipinski definition) is 0. The van der Waals surface area contributed by atoms with Crippen LogP contribution in [0.3, 0.4) is 0 Å². The van der Waals surface area contributed by atoms with E-state index in [0.29, 0.717) is 39.0 Å². The second-order valence-corrected chi connectivity index (χ2v) is 7.97. The highest BCUT2D eigenvalue weighted by atomic mass is 19.4. The summed E-state index contributed by atoms with van der Waals surface area (Å²) < 4.78 is 48.7. The first-order valence-corrected chi connectivity index (χ1v) is 9.34. The van der Waals surface area contributed by atoms with Crippen LogP contribution in [-0.2, 0) is 14.3 Å². The molecule has 0 aromatic heterocycles. The highest BCUT2D eigenvalue weighted by Crippen LogP contribution is 2.35. The van der Waals surface area contributed by atoms with E-state index in [2.05, 4.69) is 0 Å². The number of likely N-dealkylation sites (tertiary alicyclic amines) is 1. The number of halogens is 3. The zero-order valence-corrected chi connectivity index (χ0v) is 15.9. The molecule has 0 aliphatic carbocycles. The molecule has 0 N–H and O–H groups in total. The molecule has 3 rings (SSSR count). The van der Waals surface area contributed by atoms with Gasteiger partial charge in [0.2, 0.25) is 5.91 Å². The molecular formula is C20H24F3NO4. The number of cyclic esters (lactones) is 1. The molecule has 2 aliphatic heterocycles. The molecule has 0 bridgehead atoms. The monoisotopic (exact) mass is 399 g/mol. The maximum absolute atomic E-state index is 12.9. The fourth-order valence-electron chi connectivity index (χ4n) is 3.29. The Morgan fingerprint density at radius 2 is 1.86 bits per heavy atom. The second-order valence-electron chi connectivity index (χ2n) is 7.97. The Hall–Kier alpha value is -2.25. The molecule has 1 amide bonds. The number of carbonyl (C=O) groups excluding carboxylic acids is 2. The van der Waals surface area contributed by atoms with E-state index in [0.717, 1.165) is 19.4 Å². The summed E-state index contributed by atoms with van der Waals surface area (Å²) in [6.45, 7) is 3.56. The SMILES string of the molecule is CC(C)(Oc1ccc(C2CN(C(=O)CC[C@@H]3COC(=O)C3)C2)cc1)C(F)(F)F. The molecule has 1 aromatic rings. The minimum atomic E-state index is -4.46. The standard InChI is InChI=1S/C20H24F3NO4/c1-19(2,20(21,22)23)28-16-6-4-14(5-7-16)15-10-24(11-15)17(25)8-3-13-9-18(26)27-12-13/h4-7,13,15H,3,8-12H2,1-2H3/t13-/m0/s1. The van der Waals surface area contributed by atoms with Crippen molar-refractivity contribution in [3.05, 3.63) is 29.8 Å². The number of benzene rings is 1. The van der Waals surface area contributed by atoms with E-state index < -0.39 is 11.8 Å². The van der Waals surface area contributed by atoms with E-state index >= 15 is 0 Å². The normalized spacial score (nSPS) is 20.7. The van der Waals surface area contributed by atoms with Crippen molar-refractivity contribution in [2.24, 2.45) is 5.92 Å². The van der Waals surface area contributed by atoms with E-state index in [1.807, 2.05) is 0 Å². The van der Waals surface area contributed by atoms with Gasteiger partial charge in [-0.1, -0.05) is 12.1 Å². The predicted molar refractivity (Wildman–Crippen MR) is 94.8 cm³/mol. The van der Waals surface area contributed by atoms with Crippen molar-refractivity contribution in [2.45, 2.75) is 50.8 Å². The molecule has 0 unspecified atom stereocenters. The number of nitrogens with zero attached hydrogens (tertiary/aromatic N) is 1. The van der Waals surface area contributed by atoms with E-state index in [4.69, 9.17) is 9.47 Å². The van der Waals surface area contributed by atoms with Gasteiger partial charge in [0.15, 0.2) is 5.60 Å². The van der Waals surface area contributed by atoms with E-state index in [1.165, 1.54) is 12.1 Å². The largest absolute Gasteiger partial charge is 0.478 e. The van der Waals surface area contributed by atoms with Gasteiger partial charge in [0.25, 0.3) is 0 Å². The number of carbonyl (C=O) groups is 2. The van der Waals surface area contributed by atoms with Crippen LogP contribution in [-0.4, -0.2) is 48.3 Å². The molecule has 2 fully saturated rings. The van der Waals surface area contributed by atoms with Crippen molar-refractivity contribution in [3.63, 3.8) is 0 Å². The lowest BCUT2D eigenvalue weighted by atomic mass is 9.90. The first-order chi connectivity index (χ1) is 13.0. The topological polar surface area (TPSA) is 55.8 Å². The Balaban J connectivity index is 1.45. The maximum Gasteiger partial charge on any atom is 0.427 e. The zero-order chi connectivity index (χ0) is 20.5. The van der Waals surface area contributed by atoms with Crippen LogP contribution < -0.4 is 4.74 Å². The van der Waals surface area contributed by atoms with Crippen molar-refractivity contribution in [2.75, 3.05) is 19.7 Å². The van der Waals surface area contributed by atoms with Crippen molar-refractivity contribution >= 4 is 11.9 Å². The van der Waals surface area contributed by atoms with Gasteiger partial charge in [0.05, 0.1) is 13.0 Å². The lowest BCUT2D eigenvalue weighted by Gasteiger charge is -2.40. The fraction of sp³-hybridized carbons (Fsp3) is 0.600. The van der Waals surface area contributed by atoms with Crippen LogP contribution in [0.25, 0.3) is 0 Å². The van der Waals surface area contributed by atoms with Gasteiger partial charge >= 0.3 is 12.1 Å². The van der Waals surface area contributed by atoms with Crippen LogP contribution >= 0.6 is 0 Å². The number of rotatable bonds is 6. The highest BCUT2D eigenvalue weighted by molar-refractivity contribution is 5.77. The van der Waals surface area contributed by atoms with Gasteiger partial charge in [-0.05, 0) is 38.0 Å². The molecule has 2 aliphatic rings. The molecule has 2 heterocycles. The van der Waals surface area contributed by atoms with Crippen LogP contribution in [0, 0.1) is 5.92 Å². The van der Waals surface area contributed by atoms with Crippen molar-refractivity contribution in [3.8, 4) is 5.75 Å². The van der Waals surface area contributed by atoms with Crippen LogP contribution in [0.5, 0.6) is 5.75 Å². The first kappa shape index (κ1) is 20.5. The number of alkyl halides is 3. The van der Waals surface area contributed by atoms with Gasteiger partial charge in [-0.25, -0.2) is 0 Å². The fourth-order valence-corrected chi connectivity index (χ4v) is 3.29. The summed E-state index contributed by atoms with van der Waals surface area (Å²) in [4.78, 5) is 25.0. The minimum Gasteiger partial charge on any atom is -0.478 e.